The van der Waals surface area contributed by atoms with Crippen molar-refractivity contribution < 1.29 is 4.99 Å². The molecule has 0 aliphatic rings. The molecule has 0 amide bonds. The molecule has 23 heavy (non-hydrogen) atoms. The minimum absolute atomic E-state index is 0.131. The van der Waals surface area contributed by atoms with Crippen LogP contribution in [0.5, 0.6) is 0 Å². The van der Waals surface area contributed by atoms with Gasteiger partial charge in [0.1, 0.15) is 7.05 Å². The highest BCUT2D eigenvalue weighted by Crippen LogP contribution is 2.36. The highest BCUT2D eigenvalue weighted by atomic mass is 14.7. The molecule has 0 aliphatic heterocycles. The SMILES string of the molecule is C=C=C/C=C(\C=C/C(C)=[NH+]C)C(C)(C)/C(C=C=C(C)CC)=C/C. The third-order valence-corrected chi connectivity index (χ3v) is 4.05. The van der Waals surface area contributed by atoms with Crippen molar-refractivity contribution in [2.75, 3.05) is 7.05 Å². The smallest absolute Gasteiger partial charge is 0.171 e. The molecule has 0 fully saturated rings. The van der Waals surface area contributed by atoms with E-state index in [1.54, 1.807) is 0 Å². The Morgan fingerprint density at radius 3 is 2.30 bits per heavy atom. The lowest BCUT2D eigenvalue weighted by Gasteiger charge is -2.27. The lowest BCUT2D eigenvalue weighted by atomic mass is 9.76. The second-order valence-electron chi connectivity index (χ2n) is 6.05. The van der Waals surface area contributed by atoms with Crippen LogP contribution in [0.2, 0.25) is 0 Å². The number of hydrogen-bond donors (Lipinski definition) is 1. The van der Waals surface area contributed by atoms with Crippen LogP contribution in [0.3, 0.4) is 0 Å². The molecule has 124 valence electrons. The van der Waals surface area contributed by atoms with Gasteiger partial charge in [-0.2, -0.15) is 0 Å². The van der Waals surface area contributed by atoms with Crippen LogP contribution in [0.1, 0.15) is 48.0 Å². The molecule has 0 spiro atoms. The van der Waals surface area contributed by atoms with Crippen molar-refractivity contribution in [3.63, 3.8) is 0 Å². The van der Waals surface area contributed by atoms with Gasteiger partial charge in [-0.3, -0.25) is 0 Å². The van der Waals surface area contributed by atoms with Crippen molar-refractivity contribution >= 4 is 5.71 Å². The van der Waals surface area contributed by atoms with Crippen molar-refractivity contribution in [2.45, 2.75) is 48.0 Å². The van der Waals surface area contributed by atoms with Crippen molar-refractivity contribution in [3.05, 3.63) is 71.2 Å². The van der Waals surface area contributed by atoms with E-state index in [0.29, 0.717) is 0 Å². The van der Waals surface area contributed by atoms with E-state index >= 15 is 0 Å². The molecule has 0 saturated heterocycles. The second kappa shape index (κ2) is 10.6. The topological polar surface area (TPSA) is 14.0 Å². The van der Waals surface area contributed by atoms with E-state index in [1.165, 1.54) is 16.7 Å². The highest BCUT2D eigenvalue weighted by molar-refractivity contribution is 5.88. The summed E-state index contributed by atoms with van der Waals surface area (Å²) in [7, 11) is 1.93. The van der Waals surface area contributed by atoms with Crippen LogP contribution < -0.4 is 4.99 Å². The molecule has 0 aromatic rings. The van der Waals surface area contributed by atoms with Crippen molar-refractivity contribution in [1.29, 1.82) is 0 Å². The van der Waals surface area contributed by atoms with Gasteiger partial charge < -0.3 is 0 Å². The van der Waals surface area contributed by atoms with E-state index in [2.05, 4.69) is 88.0 Å². The Balaban J connectivity index is 5.96. The first kappa shape index (κ1) is 20.9. The molecule has 0 unspecified atom stereocenters. The van der Waals surface area contributed by atoms with Crippen LogP contribution in [-0.4, -0.2) is 12.8 Å². The molecule has 0 rings (SSSR count). The largest absolute Gasteiger partial charge is 0.249 e. The van der Waals surface area contributed by atoms with E-state index in [1.807, 2.05) is 20.0 Å². The molecule has 0 aromatic carbocycles. The highest BCUT2D eigenvalue weighted by Gasteiger charge is 2.24. The van der Waals surface area contributed by atoms with Gasteiger partial charge in [-0.25, -0.2) is 4.99 Å². The molecule has 0 saturated carbocycles. The number of allylic oxidation sites excluding steroid dienone is 8. The molecule has 0 heterocycles. The summed E-state index contributed by atoms with van der Waals surface area (Å²) in [6.45, 7) is 16.5. The van der Waals surface area contributed by atoms with Crippen LogP contribution in [0, 0.1) is 5.41 Å². The normalized spacial score (nSPS) is 13.6. The molecule has 1 N–H and O–H groups in total. The quantitative estimate of drug-likeness (QED) is 0.405. The summed E-state index contributed by atoms with van der Waals surface area (Å²) >= 11 is 0. The maximum absolute atomic E-state index is 3.66. The van der Waals surface area contributed by atoms with Gasteiger partial charge in [-0.1, -0.05) is 45.6 Å². The van der Waals surface area contributed by atoms with Gasteiger partial charge in [0.15, 0.2) is 5.71 Å². The van der Waals surface area contributed by atoms with Crippen LogP contribution >= 0.6 is 0 Å². The van der Waals surface area contributed by atoms with Crippen molar-refractivity contribution in [1.82, 2.24) is 0 Å². The predicted molar refractivity (Wildman–Crippen MR) is 104 cm³/mol. The van der Waals surface area contributed by atoms with Crippen LogP contribution in [0.15, 0.2) is 71.2 Å². The zero-order valence-electron chi connectivity index (χ0n) is 15.9. The van der Waals surface area contributed by atoms with Gasteiger partial charge in [0.2, 0.25) is 0 Å². The summed E-state index contributed by atoms with van der Waals surface area (Å²) in [5.41, 5.74) is 10.9. The fourth-order valence-corrected chi connectivity index (χ4v) is 2.01. The molecule has 1 nitrogen and oxygen atoms in total. The first-order chi connectivity index (χ1) is 10.8. The lowest BCUT2D eigenvalue weighted by molar-refractivity contribution is -0.419. The maximum atomic E-state index is 3.66. The van der Waals surface area contributed by atoms with E-state index < -0.39 is 0 Å². The lowest BCUT2D eigenvalue weighted by Crippen LogP contribution is -2.66. The Bertz CT molecular complexity index is 621. The Morgan fingerprint density at radius 2 is 1.83 bits per heavy atom. The molecular weight excluding hydrogens is 278 g/mol. The minimum Gasteiger partial charge on any atom is -0.249 e. The van der Waals surface area contributed by atoms with Gasteiger partial charge >= 0.3 is 0 Å². The number of hydrogen-bond acceptors (Lipinski definition) is 0. The summed E-state index contributed by atoms with van der Waals surface area (Å²) in [5.74, 6) is 0. The molecule has 0 aromatic heterocycles. The number of nitrogens with one attached hydrogen (secondary N) is 1. The van der Waals surface area contributed by atoms with E-state index in [4.69, 9.17) is 0 Å². The molecule has 0 bridgehead atoms. The average Bonchev–Trinajstić information content (AvgIpc) is 2.54. The zero-order valence-corrected chi connectivity index (χ0v) is 15.9. The zero-order chi connectivity index (χ0) is 17.9. The third-order valence-electron chi connectivity index (χ3n) is 4.05. The summed E-state index contributed by atoms with van der Waals surface area (Å²) in [4.78, 5) is 3.15. The third kappa shape index (κ3) is 7.15. The Kier molecular flexibility index (Phi) is 9.67. The number of rotatable bonds is 7. The van der Waals surface area contributed by atoms with Crippen LogP contribution in [-0.2, 0) is 0 Å². The molecule has 0 atom stereocenters. The first-order valence-corrected chi connectivity index (χ1v) is 8.18. The van der Waals surface area contributed by atoms with E-state index in [0.717, 1.165) is 12.1 Å². The van der Waals surface area contributed by atoms with Gasteiger partial charge in [-0.05, 0) is 49.1 Å². The van der Waals surface area contributed by atoms with Gasteiger partial charge in [0.05, 0.1) is 0 Å². The molecule has 1 heteroatoms. The fourth-order valence-electron chi connectivity index (χ4n) is 2.01. The Hall–Kier alpha value is -2.07. The van der Waals surface area contributed by atoms with Crippen LogP contribution in [0.4, 0.5) is 0 Å². The van der Waals surface area contributed by atoms with Crippen LogP contribution in [0.25, 0.3) is 0 Å². The average molecular weight is 311 g/mol. The maximum Gasteiger partial charge on any atom is 0.171 e. The molecular formula is C22H32N+. The van der Waals surface area contributed by atoms with Gasteiger partial charge in [0, 0.05) is 18.4 Å². The summed E-state index contributed by atoms with van der Waals surface area (Å²) in [5, 5.41) is 0. The Morgan fingerprint density at radius 1 is 1.17 bits per heavy atom. The van der Waals surface area contributed by atoms with E-state index in [-0.39, 0.29) is 5.41 Å². The van der Waals surface area contributed by atoms with E-state index in [9.17, 15) is 0 Å². The summed E-state index contributed by atoms with van der Waals surface area (Å²) < 4.78 is 0. The monoisotopic (exact) mass is 310 g/mol. The Labute approximate surface area is 142 Å². The summed E-state index contributed by atoms with van der Waals surface area (Å²) in [6, 6.07) is 0. The van der Waals surface area contributed by atoms with Gasteiger partial charge in [-0.15, -0.1) is 11.5 Å². The van der Waals surface area contributed by atoms with Crippen molar-refractivity contribution in [2.24, 2.45) is 5.41 Å². The van der Waals surface area contributed by atoms with Crippen molar-refractivity contribution in [3.8, 4) is 0 Å². The summed E-state index contributed by atoms with van der Waals surface area (Å²) in [6.07, 6.45) is 13.4. The minimum atomic E-state index is -0.131. The fraction of sp³-hybridized carbons (Fsp3) is 0.409. The second-order valence-corrected chi connectivity index (χ2v) is 6.05. The predicted octanol–water partition coefficient (Wildman–Crippen LogP) is 4.47. The molecule has 0 radical (unpaired) electrons. The molecule has 0 aliphatic carbocycles. The van der Waals surface area contributed by atoms with Gasteiger partial charge in [0.25, 0.3) is 0 Å². The first-order valence-electron chi connectivity index (χ1n) is 8.18. The standard InChI is InChI=1S/C22H31N/c1-9-12-13-21(17-15-19(5)23-8)22(6,7)20(11-3)16-14-18(4)10-2/h11-13,15-17H,1,10H2,2-8H3/p+1/b17-15-,20-11+,21-13+,23-19?.